The lowest BCUT2D eigenvalue weighted by Crippen LogP contribution is -2.14. The first kappa shape index (κ1) is 13.9. The van der Waals surface area contributed by atoms with Crippen molar-refractivity contribution in [3.8, 4) is 0 Å². The number of nitrogens with two attached hydrogens (primary N) is 1. The Labute approximate surface area is 117 Å². The van der Waals surface area contributed by atoms with Crippen LogP contribution in [-0.4, -0.2) is 37.9 Å². The van der Waals surface area contributed by atoms with E-state index in [1.807, 2.05) is 0 Å². The number of H-pyrrole nitrogens is 1. The third-order valence-electron chi connectivity index (χ3n) is 2.21. The molecule has 0 saturated carbocycles. The Balaban J connectivity index is 1.91. The third kappa shape index (κ3) is 3.72. The van der Waals surface area contributed by atoms with Crippen molar-refractivity contribution in [2.24, 2.45) is 0 Å². The molecule has 0 unspecified atom stereocenters. The lowest BCUT2D eigenvalue weighted by atomic mass is 10.2. The number of nitrogen functional groups attached to an aromatic ring is 1. The number of thioether (sulfide) groups is 1. The van der Waals surface area contributed by atoms with Crippen LogP contribution in [0.4, 0.5) is 11.6 Å². The summed E-state index contributed by atoms with van der Waals surface area (Å²) in [7, 11) is 0. The molecule has 0 saturated heterocycles. The molecule has 104 valence electrons. The summed E-state index contributed by atoms with van der Waals surface area (Å²) in [6.07, 6.45) is 0. The largest absolute Gasteiger partial charge is 0.478 e. The summed E-state index contributed by atoms with van der Waals surface area (Å²) in [6.45, 7) is 0. The number of aromatic carboxylic acids is 1. The molecule has 2 aromatic rings. The van der Waals surface area contributed by atoms with Gasteiger partial charge in [0.2, 0.25) is 17.0 Å². The maximum absolute atomic E-state index is 11.7. The molecule has 1 aromatic heterocycles. The Morgan fingerprint density at radius 1 is 1.45 bits per heavy atom. The summed E-state index contributed by atoms with van der Waals surface area (Å²) in [4.78, 5) is 26.3. The number of carbonyl (C=O) groups is 2. The van der Waals surface area contributed by atoms with Crippen LogP contribution in [0, 0.1) is 0 Å². The predicted molar refractivity (Wildman–Crippen MR) is 73.6 cm³/mol. The van der Waals surface area contributed by atoms with Gasteiger partial charge in [0.1, 0.15) is 0 Å². The van der Waals surface area contributed by atoms with Gasteiger partial charge in [0.25, 0.3) is 0 Å². The molecular weight excluding hydrogens is 282 g/mol. The number of nitrogens with zero attached hydrogens (tertiary/aromatic N) is 2. The molecule has 0 bridgehead atoms. The second-order valence-electron chi connectivity index (χ2n) is 3.73. The van der Waals surface area contributed by atoms with Gasteiger partial charge < -0.3 is 16.2 Å². The molecule has 0 atom stereocenters. The fourth-order valence-corrected chi connectivity index (χ4v) is 1.99. The van der Waals surface area contributed by atoms with Gasteiger partial charge in [0.05, 0.1) is 11.3 Å². The lowest BCUT2D eigenvalue weighted by molar-refractivity contribution is -0.113. The number of aromatic amines is 1. The Kier molecular flexibility index (Phi) is 4.20. The van der Waals surface area contributed by atoms with Crippen LogP contribution in [0.2, 0.25) is 0 Å². The second-order valence-corrected chi connectivity index (χ2v) is 4.67. The highest BCUT2D eigenvalue weighted by atomic mass is 32.2. The van der Waals surface area contributed by atoms with Crippen LogP contribution < -0.4 is 11.1 Å². The summed E-state index contributed by atoms with van der Waals surface area (Å²) < 4.78 is 0. The molecule has 0 aliphatic carbocycles. The first-order valence-electron chi connectivity index (χ1n) is 5.48. The van der Waals surface area contributed by atoms with Crippen molar-refractivity contribution in [1.29, 1.82) is 0 Å². The Bertz CT molecular complexity index is 642. The Morgan fingerprint density at radius 2 is 2.25 bits per heavy atom. The van der Waals surface area contributed by atoms with Crippen LogP contribution in [0.25, 0.3) is 0 Å². The summed E-state index contributed by atoms with van der Waals surface area (Å²) >= 11 is 1.12. The van der Waals surface area contributed by atoms with Crippen molar-refractivity contribution in [1.82, 2.24) is 15.2 Å². The fourth-order valence-electron chi connectivity index (χ4n) is 1.38. The number of amides is 1. The Hall–Kier alpha value is -2.55. The second kappa shape index (κ2) is 6.06. The first-order valence-corrected chi connectivity index (χ1v) is 6.47. The normalized spacial score (nSPS) is 10.2. The van der Waals surface area contributed by atoms with E-state index in [-0.39, 0.29) is 23.2 Å². The highest BCUT2D eigenvalue weighted by Crippen LogP contribution is 2.15. The zero-order chi connectivity index (χ0) is 14.5. The first-order chi connectivity index (χ1) is 9.54. The van der Waals surface area contributed by atoms with E-state index in [4.69, 9.17) is 10.8 Å². The quantitative estimate of drug-likeness (QED) is 0.599. The number of hydrogen-bond acceptors (Lipinski definition) is 6. The summed E-state index contributed by atoms with van der Waals surface area (Å²) in [5, 5.41) is 18.1. The van der Waals surface area contributed by atoms with E-state index >= 15 is 0 Å². The van der Waals surface area contributed by atoms with Gasteiger partial charge in [-0.05, 0) is 18.2 Å². The lowest BCUT2D eigenvalue weighted by Gasteiger charge is -2.04. The molecule has 0 radical (unpaired) electrons. The van der Waals surface area contributed by atoms with E-state index in [0.717, 1.165) is 11.8 Å². The van der Waals surface area contributed by atoms with Crippen molar-refractivity contribution in [2.75, 3.05) is 16.8 Å². The number of carbonyl (C=O) groups excluding carboxylic acids is 1. The molecule has 1 amide bonds. The minimum atomic E-state index is -1.05. The van der Waals surface area contributed by atoms with Crippen molar-refractivity contribution in [2.45, 2.75) is 5.16 Å². The number of anilines is 2. The van der Waals surface area contributed by atoms with E-state index in [1.54, 1.807) is 12.1 Å². The van der Waals surface area contributed by atoms with Crippen LogP contribution in [0.1, 0.15) is 10.4 Å². The summed E-state index contributed by atoms with van der Waals surface area (Å²) in [5.41, 5.74) is 5.88. The van der Waals surface area contributed by atoms with E-state index < -0.39 is 5.97 Å². The highest BCUT2D eigenvalue weighted by molar-refractivity contribution is 7.99. The Morgan fingerprint density at radius 3 is 2.90 bits per heavy atom. The molecule has 8 nitrogen and oxygen atoms in total. The maximum atomic E-state index is 11.7. The molecule has 9 heteroatoms. The number of aromatic nitrogens is 3. The van der Waals surface area contributed by atoms with Gasteiger partial charge in [-0.3, -0.25) is 4.79 Å². The van der Waals surface area contributed by atoms with Crippen molar-refractivity contribution in [3.05, 3.63) is 29.8 Å². The molecule has 1 heterocycles. The summed E-state index contributed by atoms with van der Waals surface area (Å²) in [5.74, 6) is -1.07. The SMILES string of the molecule is Nc1nc(SCC(=O)Nc2cccc(C(=O)O)c2)n[nH]1. The maximum Gasteiger partial charge on any atom is 0.335 e. The number of hydrogen-bond donors (Lipinski definition) is 4. The molecular formula is C11H11N5O3S. The van der Waals surface area contributed by atoms with Crippen molar-refractivity contribution < 1.29 is 14.7 Å². The smallest absolute Gasteiger partial charge is 0.335 e. The number of benzene rings is 1. The van der Waals surface area contributed by atoms with Crippen LogP contribution in [-0.2, 0) is 4.79 Å². The van der Waals surface area contributed by atoms with Crippen LogP contribution in [0.3, 0.4) is 0 Å². The van der Waals surface area contributed by atoms with Crippen LogP contribution >= 0.6 is 11.8 Å². The van der Waals surface area contributed by atoms with E-state index in [9.17, 15) is 9.59 Å². The van der Waals surface area contributed by atoms with Crippen molar-refractivity contribution in [3.63, 3.8) is 0 Å². The minimum Gasteiger partial charge on any atom is -0.478 e. The predicted octanol–water partition coefficient (Wildman–Crippen LogP) is 0.816. The van der Waals surface area contributed by atoms with Crippen LogP contribution in [0.5, 0.6) is 0 Å². The molecule has 5 N–H and O–H groups in total. The summed E-state index contributed by atoms with van der Waals surface area (Å²) in [6, 6.07) is 6.00. The zero-order valence-corrected chi connectivity index (χ0v) is 11.0. The van der Waals surface area contributed by atoms with Gasteiger partial charge in [-0.1, -0.05) is 17.8 Å². The average molecular weight is 293 g/mol. The van der Waals surface area contributed by atoms with Crippen molar-refractivity contribution >= 4 is 35.3 Å². The van der Waals surface area contributed by atoms with E-state index in [2.05, 4.69) is 20.5 Å². The number of rotatable bonds is 5. The van der Waals surface area contributed by atoms with E-state index in [0.29, 0.717) is 10.8 Å². The molecule has 0 aliphatic heterocycles. The fraction of sp³-hybridized carbons (Fsp3) is 0.0909. The molecule has 1 aromatic carbocycles. The average Bonchev–Trinajstić information content (AvgIpc) is 2.82. The monoisotopic (exact) mass is 293 g/mol. The van der Waals surface area contributed by atoms with Gasteiger partial charge in [0.15, 0.2) is 0 Å². The van der Waals surface area contributed by atoms with Gasteiger partial charge in [-0.15, -0.1) is 5.10 Å². The molecule has 0 spiro atoms. The molecule has 20 heavy (non-hydrogen) atoms. The third-order valence-corrected chi connectivity index (χ3v) is 3.06. The van der Waals surface area contributed by atoms with Crippen LogP contribution in [0.15, 0.2) is 29.4 Å². The minimum absolute atomic E-state index is 0.0919. The van der Waals surface area contributed by atoms with Gasteiger partial charge in [-0.2, -0.15) is 4.98 Å². The molecule has 0 aliphatic rings. The number of nitrogens with one attached hydrogen (secondary N) is 2. The topological polar surface area (TPSA) is 134 Å². The highest BCUT2D eigenvalue weighted by Gasteiger charge is 2.08. The number of carboxylic acids is 1. The standard InChI is InChI=1S/C11H11N5O3S/c12-10-14-11(16-15-10)20-5-8(17)13-7-3-1-2-6(4-7)9(18)19/h1-4H,5H2,(H,13,17)(H,18,19)(H3,12,14,15,16). The van der Waals surface area contributed by atoms with Gasteiger partial charge in [0, 0.05) is 5.69 Å². The zero-order valence-electron chi connectivity index (χ0n) is 10.2. The van der Waals surface area contributed by atoms with E-state index in [1.165, 1.54) is 12.1 Å². The molecule has 2 rings (SSSR count). The van der Waals surface area contributed by atoms with Gasteiger partial charge >= 0.3 is 5.97 Å². The van der Waals surface area contributed by atoms with Gasteiger partial charge in [-0.25, -0.2) is 9.89 Å². The molecule has 0 fully saturated rings. The number of carboxylic acid groups (broad SMARTS) is 1.